The van der Waals surface area contributed by atoms with Crippen LogP contribution in [0.4, 0.5) is 0 Å². The van der Waals surface area contributed by atoms with Gasteiger partial charge in [0.05, 0.1) is 5.52 Å². The summed E-state index contributed by atoms with van der Waals surface area (Å²) in [5.74, 6) is -1.02. The SMILES string of the molecule is C.Cn1nc2ccc(O)cc2c1C(=O)O. The van der Waals surface area contributed by atoms with E-state index in [0.29, 0.717) is 10.9 Å². The fourth-order valence-corrected chi connectivity index (χ4v) is 1.44. The van der Waals surface area contributed by atoms with Crippen LogP contribution in [0.1, 0.15) is 17.9 Å². The van der Waals surface area contributed by atoms with E-state index in [1.54, 1.807) is 13.1 Å². The third-order valence-corrected chi connectivity index (χ3v) is 2.02. The van der Waals surface area contributed by atoms with E-state index in [9.17, 15) is 9.90 Å². The van der Waals surface area contributed by atoms with Gasteiger partial charge in [-0.05, 0) is 18.2 Å². The standard InChI is InChI=1S/C9H8N2O3.CH4/c1-11-8(9(13)14)6-4-5(12)2-3-7(6)10-11;/h2-4,12H,1H3,(H,13,14);1H4. The number of benzene rings is 1. The number of hydrogen-bond acceptors (Lipinski definition) is 3. The summed E-state index contributed by atoms with van der Waals surface area (Å²) in [6.45, 7) is 0. The molecule has 0 aliphatic rings. The molecule has 0 radical (unpaired) electrons. The number of phenolic OH excluding ortho intramolecular Hbond substituents is 1. The van der Waals surface area contributed by atoms with Gasteiger partial charge in [0.1, 0.15) is 5.75 Å². The minimum absolute atomic E-state index is 0. The number of aromatic hydroxyl groups is 1. The topological polar surface area (TPSA) is 75.3 Å². The summed E-state index contributed by atoms with van der Waals surface area (Å²) < 4.78 is 1.28. The lowest BCUT2D eigenvalue weighted by Gasteiger charge is -1.94. The highest BCUT2D eigenvalue weighted by Gasteiger charge is 2.15. The molecule has 0 bridgehead atoms. The van der Waals surface area contributed by atoms with Gasteiger partial charge < -0.3 is 10.2 Å². The molecule has 0 aliphatic carbocycles. The van der Waals surface area contributed by atoms with E-state index >= 15 is 0 Å². The summed E-state index contributed by atoms with van der Waals surface area (Å²) in [6, 6.07) is 4.45. The molecule has 0 amide bonds. The molecule has 2 aromatic rings. The molecule has 1 aromatic carbocycles. The van der Waals surface area contributed by atoms with Crippen LogP contribution in [0, 0.1) is 0 Å². The van der Waals surface area contributed by atoms with Crippen LogP contribution in [-0.4, -0.2) is 26.0 Å². The van der Waals surface area contributed by atoms with Crippen molar-refractivity contribution in [1.82, 2.24) is 9.78 Å². The van der Waals surface area contributed by atoms with Crippen molar-refractivity contribution >= 4 is 16.9 Å². The predicted octanol–water partition coefficient (Wildman–Crippen LogP) is 1.61. The van der Waals surface area contributed by atoms with Gasteiger partial charge >= 0.3 is 5.97 Å². The summed E-state index contributed by atoms with van der Waals surface area (Å²) in [4.78, 5) is 10.9. The molecular weight excluding hydrogens is 196 g/mol. The molecular formula is C10H12N2O3. The summed E-state index contributed by atoms with van der Waals surface area (Å²) in [5, 5.41) is 22.6. The van der Waals surface area contributed by atoms with Crippen LogP contribution in [0.3, 0.4) is 0 Å². The fraction of sp³-hybridized carbons (Fsp3) is 0.200. The number of phenols is 1. The third kappa shape index (κ3) is 1.63. The van der Waals surface area contributed by atoms with Crippen LogP contribution in [0.25, 0.3) is 10.9 Å². The first-order valence-electron chi connectivity index (χ1n) is 3.98. The smallest absolute Gasteiger partial charge is 0.354 e. The van der Waals surface area contributed by atoms with Gasteiger partial charge in [-0.3, -0.25) is 4.68 Å². The van der Waals surface area contributed by atoms with Crippen LogP contribution < -0.4 is 0 Å². The average molecular weight is 208 g/mol. The lowest BCUT2D eigenvalue weighted by atomic mass is 10.2. The van der Waals surface area contributed by atoms with Crippen molar-refractivity contribution in [3.05, 3.63) is 23.9 Å². The van der Waals surface area contributed by atoms with Gasteiger partial charge in [0.2, 0.25) is 0 Å². The normalized spacial score (nSPS) is 9.93. The van der Waals surface area contributed by atoms with Crippen LogP contribution in [0.2, 0.25) is 0 Å². The van der Waals surface area contributed by atoms with Crippen LogP contribution in [0.5, 0.6) is 5.75 Å². The van der Waals surface area contributed by atoms with Crippen molar-refractivity contribution < 1.29 is 15.0 Å². The highest BCUT2D eigenvalue weighted by atomic mass is 16.4. The highest BCUT2D eigenvalue weighted by Crippen LogP contribution is 2.22. The second-order valence-electron chi connectivity index (χ2n) is 2.98. The van der Waals surface area contributed by atoms with Gasteiger partial charge in [0, 0.05) is 12.4 Å². The van der Waals surface area contributed by atoms with E-state index in [-0.39, 0.29) is 18.9 Å². The van der Waals surface area contributed by atoms with E-state index in [1.807, 2.05) is 0 Å². The molecule has 0 aliphatic heterocycles. The second-order valence-corrected chi connectivity index (χ2v) is 2.98. The number of nitrogens with zero attached hydrogens (tertiary/aromatic N) is 2. The molecule has 0 atom stereocenters. The Morgan fingerprint density at radius 3 is 2.73 bits per heavy atom. The number of aromatic nitrogens is 2. The molecule has 0 unspecified atom stereocenters. The van der Waals surface area contributed by atoms with Crippen molar-refractivity contribution in [3.8, 4) is 5.75 Å². The molecule has 15 heavy (non-hydrogen) atoms. The Kier molecular flexibility index (Phi) is 2.65. The Balaban J connectivity index is 0.00000112. The van der Waals surface area contributed by atoms with E-state index in [2.05, 4.69) is 5.10 Å². The molecule has 2 rings (SSSR count). The number of carbonyl (C=O) groups is 1. The molecule has 0 spiro atoms. The molecule has 0 saturated carbocycles. The molecule has 5 heteroatoms. The fourth-order valence-electron chi connectivity index (χ4n) is 1.44. The maximum absolute atomic E-state index is 10.9. The molecule has 2 N–H and O–H groups in total. The molecule has 1 aromatic heterocycles. The van der Waals surface area contributed by atoms with E-state index in [1.165, 1.54) is 16.8 Å². The highest BCUT2D eigenvalue weighted by molar-refractivity contribution is 6.01. The number of carboxylic acid groups (broad SMARTS) is 1. The van der Waals surface area contributed by atoms with E-state index in [4.69, 9.17) is 5.11 Å². The monoisotopic (exact) mass is 208 g/mol. The predicted molar refractivity (Wildman–Crippen MR) is 56.1 cm³/mol. The zero-order valence-corrected chi connectivity index (χ0v) is 7.43. The van der Waals surface area contributed by atoms with Crippen molar-refractivity contribution in [1.29, 1.82) is 0 Å². The quantitative estimate of drug-likeness (QED) is 0.746. The number of aromatic carboxylic acids is 1. The average Bonchev–Trinajstić information content (AvgIpc) is 2.40. The zero-order chi connectivity index (χ0) is 10.3. The first kappa shape index (κ1) is 11.0. The van der Waals surface area contributed by atoms with Gasteiger partial charge in [0.25, 0.3) is 0 Å². The number of hydrogen-bond donors (Lipinski definition) is 2. The molecule has 0 fully saturated rings. The lowest BCUT2D eigenvalue weighted by Crippen LogP contribution is -2.05. The molecule has 5 nitrogen and oxygen atoms in total. The summed E-state index contributed by atoms with van der Waals surface area (Å²) >= 11 is 0. The maximum atomic E-state index is 10.9. The summed E-state index contributed by atoms with van der Waals surface area (Å²) in [7, 11) is 1.56. The minimum atomic E-state index is -1.06. The van der Waals surface area contributed by atoms with Crippen molar-refractivity contribution in [3.63, 3.8) is 0 Å². The van der Waals surface area contributed by atoms with E-state index < -0.39 is 5.97 Å². The molecule has 80 valence electrons. The first-order valence-corrected chi connectivity index (χ1v) is 3.98. The van der Waals surface area contributed by atoms with Gasteiger partial charge in [-0.15, -0.1) is 0 Å². The number of rotatable bonds is 1. The number of fused-ring (bicyclic) bond motifs is 1. The van der Waals surface area contributed by atoms with E-state index in [0.717, 1.165) is 0 Å². The van der Waals surface area contributed by atoms with Gasteiger partial charge in [-0.2, -0.15) is 5.10 Å². The van der Waals surface area contributed by atoms with Crippen LogP contribution >= 0.6 is 0 Å². The number of carboxylic acids is 1. The van der Waals surface area contributed by atoms with Gasteiger partial charge in [-0.25, -0.2) is 4.79 Å². The van der Waals surface area contributed by atoms with Crippen molar-refractivity contribution in [2.45, 2.75) is 7.43 Å². The Morgan fingerprint density at radius 2 is 2.13 bits per heavy atom. The van der Waals surface area contributed by atoms with Gasteiger partial charge in [-0.1, -0.05) is 7.43 Å². The largest absolute Gasteiger partial charge is 0.508 e. The lowest BCUT2D eigenvalue weighted by molar-refractivity contribution is 0.0687. The third-order valence-electron chi connectivity index (χ3n) is 2.02. The molecule has 1 heterocycles. The Morgan fingerprint density at radius 1 is 1.47 bits per heavy atom. The summed E-state index contributed by atoms with van der Waals surface area (Å²) in [5.41, 5.74) is 0.638. The van der Waals surface area contributed by atoms with Gasteiger partial charge in [0.15, 0.2) is 5.69 Å². The Bertz CT molecular complexity index is 517. The zero-order valence-electron chi connectivity index (χ0n) is 7.43. The van der Waals surface area contributed by atoms with Crippen LogP contribution in [0.15, 0.2) is 18.2 Å². The van der Waals surface area contributed by atoms with Crippen molar-refractivity contribution in [2.75, 3.05) is 0 Å². The molecule has 0 saturated heterocycles. The first-order chi connectivity index (χ1) is 6.59. The minimum Gasteiger partial charge on any atom is -0.508 e. The van der Waals surface area contributed by atoms with Crippen LogP contribution in [-0.2, 0) is 7.05 Å². The second kappa shape index (κ2) is 3.61. The number of aryl methyl sites for hydroxylation is 1. The Hall–Kier alpha value is -2.04. The van der Waals surface area contributed by atoms with Crippen molar-refractivity contribution in [2.24, 2.45) is 7.05 Å². The maximum Gasteiger partial charge on any atom is 0.354 e. The summed E-state index contributed by atoms with van der Waals surface area (Å²) in [6.07, 6.45) is 0. The Labute approximate surface area is 86.6 Å².